The summed E-state index contributed by atoms with van der Waals surface area (Å²) in [5, 5.41) is 3.06. The van der Waals surface area contributed by atoms with Crippen LogP contribution in [0.5, 0.6) is 5.75 Å². The predicted molar refractivity (Wildman–Crippen MR) is 103 cm³/mol. The van der Waals surface area contributed by atoms with E-state index in [1.165, 1.54) is 5.56 Å². The van der Waals surface area contributed by atoms with Crippen molar-refractivity contribution in [1.82, 2.24) is 10.2 Å². The largest absolute Gasteiger partial charge is 0.483 e. The van der Waals surface area contributed by atoms with E-state index in [-0.39, 0.29) is 11.5 Å². The molecule has 4 rings (SSSR count). The number of rotatable bonds is 3. The van der Waals surface area contributed by atoms with Crippen LogP contribution in [0.3, 0.4) is 0 Å². The fourth-order valence-electron chi connectivity index (χ4n) is 3.92. The summed E-state index contributed by atoms with van der Waals surface area (Å²) in [6, 6.07) is 16.0. The molecule has 2 aliphatic rings. The van der Waals surface area contributed by atoms with Gasteiger partial charge in [-0.15, -0.1) is 0 Å². The van der Waals surface area contributed by atoms with Crippen LogP contribution in [0.25, 0.3) is 6.08 Å². The Labute approximate surface area is 154 Å². The highest BCUT2D eigenvalue weighted by atomic mass is 16.5. The number of carbonyl (C=O) groups is 1. The Morgan fingerprint density at radius 1 is 1.19 bits per heavy atom. The number of amides is 1. The van der Waals surface area contributed by atoms with E-state index >= 15 is 0 Å². The Balaban J connectivity index is 1.52. The molecule has 0 unspecified atom stereocenters. The van der Waals surface area contributed by atoms with E-state index in [4.69, 9.17) is 4.74 Å². The van der Waals surface area contributed by atoms with Gasteiger partial charge in [-0.2, -0.15) is 0 Å². The van der Waals surface area contributed by atoms with Crippen LogP contribution < -0.4 is 10.1 Å². The van der Waals surface area contributed by atoms with Crippen LogP contribution in [0, 0.1) is 0 Å². The third kappa shape index (κ3) is 3.37. The first-order valence-electron chi connectivity index (χ1n) is 9.17. The average Bonchev–Trinajstić information content (AvgIpc) is 2.80. The number of nitrogens with zero attached hydrogens (tertiary/aromatic N) is 1. The predicted octanol–water partition coefficient (Wildman–Crippen LogP) is 3.49. The molecule has 26 heavy (non-hydrogen) atoms. The molecule has 0 aromatic heterocycles. The van der Waals surface area contributed by atoms with Crippen LogP contribution in [0.1, 0.15) is 34.3 Å². The van der Waals surface area contributed by atoms with Gasteiger partial charge in [-0.05, 0) is 42.6 Å². The van der Waals surface area contributed by atoms with E-state index in [1.54, 1.807) is 0 Å². The number of ether oxygens (including phenoxy) is 1. The Hall–Kier alpha value is -2.59. The van der Waals surface area contributed by atoms with Crippen molar-refractivity contribution in [3.05, 3.63) is 71.8 Å². The number of nitrogens with one attached hydrogen (secondary N) is 1. The molecule has 4 nitrogen and oxygen atoms in total. The lowest BCUT2D eigenvalue weighted by Gasteiger charge is -2.42. The number of para-hydroxylation sites is 1. The maximum atomic E-state index is 12.4. The van der Waals surface area contributed by atoms with Gasteiger partial charge in [0.2, 0.25) is 0 Å². The zero-order valence-corrected chi connectivity index (χ0v) is 14.9. The first kappa shape index (κ1) is 16.9. The maximum absolute atomic E-state index is 12.4. The monoisotopic (exact) mass is 348 g/mol. The van der Waals surface area contributed by atoms with Gasteiger partial charge >= 0.3 is 0 Å². The lowest BCUT2D eigenvalue weighted by molar-refractivity contribution is -0.00704. The first-order chi connectivity index (χ1) is 12.7. The van der Waals surface area contributed by atoms with Gasteiger partial charge in [-0.25, -0.2) is 0 Å². The van der Waals surface area contributed by atoms with Crippen molar-refractivity contribution in [3.8, 4) is 5.75 Å². The van der Waals surface area contributed by atoms with Crippen LogP contribution in [-0.4, -0.2) is 36.0 Å². The van der Waals surface area contributed by atoms with Crippen molar-refractivity contribution in [3.63, 3.8) is 0 Å². The molecule has 2 aliphatic heterocycles. The molecule has 0 radical (unpaired) electrons. The number of carbonyl (C=O) groups excluding carboxylic acids is 1. The molecule has 0 aliphatic carbocycles. The minimum atomic E-state index is -0.360. The molecule has 4 heteroatoms. The van der Waals surface area contributed by atoms with Gasteiger partial charge in [0.25, 0.3) is 5.91 Å². The smallest absolute Gasteiger partial charge is 0.255 e. The van der Waals surface area contributed by atoms with Crippen molar-refractivity contribution >= 4 is 12.0 Å². The molecule has 2 aromatic rings. The van der Waals surface area contributed by atoms with Gasteiger partial charge in [-0.1, -0.05) is 49.1 Å². The van der Waals surface area contributed by atoms with Crippen LogP contribution >= 0.6 is 0 Å². The van der Waals surface area contributed by atoms with Gasteiger partial charge in [0.05, 0.1) is 12.1 Å². The second kappa shape index (κ2) is 6.96. The van der Waals surface area contributed by atoms with Gasteiger partial charge in [0.1, 0.15) is 11.4 Å². The molecule has 1 fully saturated rings. The molecule has 1 N–H and O–H groups in total. The lowest BCUT2D eigenvalue weighted by Crippen LogP contribution is -2.56. The lowest BCUT2D eigenvalue weighted by atomic mass is 9.92. The topological polar surface area (TPSA) is 41.6 Å². The minimum Gasteiger partial charge on any atom is -0.483 e. The SMILES string of the molecule is C=Cc1ccc(CN2CCC[C@@]3(CNC(=O)c4ccccc4O3)C2)cc1. The molecule has 0 bridgehead atoms. The number of fused-ring (bicyclic) bond motifs is 1. The highest BCUT2D eigenvalue weighted by molar-refractivity contribution is 5.97. The molecule has 1 atom stereocenters. The summed E-state index contributed by atoms with van der Waals surface area (Å²) < 4.78 is 6.42. The summed E-state index contributed by atoms with van der Waals surface area (Å²) >= 11 is 0. The van der Waals surface area contributed by atoms with Gasteiger partial charge in [0.15, 0.2) is 0 Å². The Bertz CT molecular complexity index is 815. The van der Waals surface area contributed by atoms with Crippen molar-refractivity contribution in [1.29, 1.82) is 0 Å². The van der Waals surface area contributed by atoms with E-state index < -0.39 is 0 Å². The average molecular weight is 348 g/mol. The Kier molecular flexibility index (Phi) is 4.51. The van der Waals surface area contributed by atoms with Crippen LogP contribution in [0.2, 0.25) is 0 Å². The molecule has 134 valence electrons. The van der Waals surface area contributed by atoms with Crippen molar-refractivity contribution < 1.29 is 9.53 Å². The molecule has 2 aromatic carbocycles. The normalized spacial score (nSPS) is 22.8. The molecular formula is C22H24N2O2. The van der Waals surface area contributed by atoms with E-state index in [2.05, 4.69) is 41.1 Å². The number of hydrogen-bond donors (Lipinski definition) is 1. The molecule has 1 amide bonds. The minimum absolute atomic E-state index is 0.0467. The summed E-state index contributed by atoms with van der Waals surface area (Å²) in [6.07, 6.45) is 3.87. The van der Waals surface area contributed by atoms with Crippen molar-refractivity contribution in [2.45, 2.75) is 25.0 Å². The van der Waals surface area contributed by atoms with Gasteiger partial charge < -0.3 is 10.1 Å². The Morgan fingerprint density at radius 3 is 2.81 bits per heavy atom. The molecule has 1 spiro atoms. The quantitative estimate of drug-likeness (QED) is 0.923. The number of hydrogen-bond acceptors (Lipinski definition) is 3. The zero-order valence-electron chi connectivity index (χ0n) is 14.9. The van der Waals surface area contributed by atoms with Crippen LogP contribution in [0.15, 0.2) is 55.1 Å². The number of piperidine rings is 1. The third-order valence-electron chi connectivity index (χ3n) is 5.27. The fourth-order valence-corrected chi connectivity index (χ4v) is 3.92. The molecule has 1 saturated heterocycles. The standard InChI is InChI=1S/C22H24N2O2/c1-2-17-8-10-18(11-9-17)14-24-13-5-12-22(16-24)15-23-21(25)19-6-3-4-7-20(19)26-22/h2-4,6-11H,1,5,12-16H2,(H,23,25)/t22-/m1/s1. The highest BCUT2D eigenvalue weighted by Crippen LogP contribution is 2.32. The van der Waals surface area contributed by atoms with E-state index in [1.807, 2.05) is 30.3 Å². The maximum Gasteiger partial charge on any atom is 0.255 e. The first-order valence-corrected chi connectivity index (χ1v) is 9.17. The van der Waals surface area contributed by atoms with Crippen molar-refractivity contribution in [2.75, 3.05) is 19.6 Å². The summed E-state index contributed by atoms with van der Waals surface area (Å²) in [5.41, 5.74) is 2.68. The number of likely N-dealkylation sites (tertiary alicyclic amines) is 1. The number of benzene rings is 2. The second-order valence-electron chi connectivity index (χ2n) is 7.22. The molecule has 0 saturated carbocycles. The summed E-state index contributed by atoms with van der Waals surface area (Å²) in [5.74, 6) is 0.647. The van der Waals surface area contributed by atoms with E-state index in [0.717, 1.165) is 38.0 Å². The summed E-state index contributed by atoms with van der Waals surface area (Å²) in [6.45, 7) is 7.10. The Morgan fingerprint density at radius 2 is 2.00 bits per heavy atom. The zero-order chi connectivity index (χ0) is 18.0. The van der Waals surface area contributed by atoms with E-state index in [0.29, 0.717) is 17.9 Å². The summed E-state index contributed by atoms with van der Waals surface area (Å²) in [7, 11) is 0. The molecular weight excluding hydrogens is 324 g/mol. The van der Waals surface area contributed by atoms with Crippen LogP contribution in [-0.2, 0) is 6.54 Å². The highest BCUT2D eigenvalue weighted by Gasteiger charge is 2.40. The summed E-state index contributed by atoms with van der Waals surface area (Å²) in [4.78, 5) is 14.8. The van der Waals surface area contributed by atoms with Gasteiger partial charge in [-0.3, -0.25) is 9.69 Å². The fraction of sp³-hybridized carbons (Fsp3) is 0.318. The van der Waals surface area contributed by atoms with E-state index in [9.17, 15) is 4.79 Å². The second-order valence-corrected chi connectivity index (χ2v) is 7.22. The van der Waals surface area contributed by atoms with Crippen LogP contribution in [0.4, 0.5) is 0 Å². The third-order valence-corrected chi connectivity index (χ3v) is 5.27. The van der Waals surface area contributed by atoms with Gasteiger partial charge in [0, 0.05) is 13.1 Å². The van der Waals surface area contributed by atoms with Crippen molar-refractivity contribution in [2.24, 2.45) is 0 Å². The molecule has 2 heterocycles.